The van der Waals surface area contributed by atoms with E-state index in [2.05, 4.69) is 6.92 Å². The quantitative estimate of drug-likeness (QED) is 0.413. The molecule has 0 heterocycles. The third-order valence-electron chi connectivity index (χ3n) is 2.33. The highest BCUT2D eigenvalue weighted by molar-refractivity contribution is 6.60. The van der Waals surface area contributed by atoms with Gasteiger partial charge in [0.1, 0.15) is 0 Å². The van der Waals surface area contributed by atoms with Crippen molar-refractivity contribution in [3.8, 4) is 0 Å². The molecule has 0 aromatic rings. The van der Waals surface area contributed by atoms with Gasteiger partial charge in [-0.1, -0.05) is 26.2 Å². The molecule has 0 saturated heterocycles. The Morgan fingerprint density at radius 3 is 1.69 bits per heavy atom. The van der Waals surface area contributed by atoms with Gasteiger partial charge >= 0.3 is 8.80 Å². The average molecular weight is 247 g/mol. The van der Waals surface area contributed by atoms with E-state index in [9.17, 15) is 0 Å². The molecule has 4 heteroatoms. The van der Waals surface area contributed by atoms with Crippen LogP contribution in [0.5, 0.6) is 0 Å². The molecule has 0 aromatic heterocycles. The van der Waals surface area contributed by atoms with Crippen molar-refractivity contribution in [2.75, 3.05) is 19.8 Å². The van der Waals surface area contributed by atoms with Gasteiger partial charge in [0.05, 0.1) is 0 Å². The van der Waals surface area contributed by atoms with Crippen molar-refractivity contribution in [3.63, 3.8) is 0 Å². The van der Waals surface area contributed by atoms with Crippen molar-refractivity contribution < 1.29 is 13.3 Å². The molecule has 0 spiro atoms. The minimum Gasteiger partial charge on any atom is -0.374 e. The minimum absolute atomic E-state index is 0.668. The van der Waals surface area contributed by atoms with Crippen LogP contribution in [0.4, 0.5) is 0 Å². The van der Waals surface area contributed by atoms with Crippen LogP contribution >= 0.6 is 0 Å². The van der Waals surface area contributed by atoms with Crippen molar-refractivity contribution >= 4 is 8.80 Å². The second-order valence-electron chi connectivity index (χ2n) is 3.65. The molecule has 0 aliphatic heterocycles. The molecule has 0 saturated carbocycles. The summed E-state index contributed by atoms with van der Waals surface area (Å²) in [6, 6.07) is 0.933. The van der Waals surface area contributed by atoms with Crippen LogP contribution in [0.1, 0.15) is 46.5 Å². The maximum Gasteiger partial charge on any atom is 0.500 e. The van der Waals surface area contributed by atoms with Gasteiger partial charge in [-0.2, -0.15) is 0 Å². The van der Waals surface area contributed by atoms with Crippen LogP contribution in [0.15, 0.2) is 0 Å². The first-order valence-electron chi connectivity index (χ1n) is 6.45. The van der Waals surface area contributed by atoms with Crippen LogP contribution in [0.25, 0.3) is 0 Å². The molecule has 0 unspecified atom stereocenters. The lowest BCUT2D eigenvalue weighted by Gasteiger charge is -2.28. The highest BCUT2D eigenvalue weighted by Gasteiger charge is 2.39. The van der Waals surface area contributed by atoms with E-state index in [0.717, 1.165) is 18.9 Å². The van der Waals surface area contributed by atoms with Gasteiger partial charge in [0.25, 0.3) is 0 Å². The summed E-state index contributed by atoms with van der Waals surface area (Å²) in [5, 5.41) is 0. The summed E-state index contributed by atoms with van der Waals surface area (Å²) in [4.78, 5) is 0. The van der Waals surface area contributed by atoms with E-state index in [0.29, 0.717) is 19.8 Å². The fourth-order valence-electron chi connectivity index (χ4n) is 1.70. The Kier molecular flexibility index (Phi) is 10.3. The molecular weight excluding hydrogens is 220 g/mol. The van der Waals surface area contributed by atoms with E-state index >= 15 is 0 Å². The molecule has 3 nitrogen and oxygen atoms in total. The molecule has 0 fully saturated rings. The molecule has 1 radical (unpaired) electrons. The zero-order chi connectivity index (χ0) is 12.3. The number of unbranched alkanes of at least 4 members (excludes halogenated alkanes) is 3. The zero-order valence-corrected chi connectivity index (χ0v) is 12.1. The lowest BCUT2D eigenvalue weighted by molar-refractivity contribution is 0.0706. The predicted octanol–water partition coefficient (Wildman–Crippen LogP) is 3.43. The van der Waals surface area contributed by atoms with E-state index in [1.54, 1.807) is 0 Å². The molecule has 0 aliphatic carbocycles. The Labute approximate surface area is 102 Å². The van der Waals surface area contributed by atoms with Crippen molar-refractivity contribution in [1.29, 1.82) is 0 Å². The summed E-state index contributed by atoms with van der Waals surface area (Å²) in [5.74, 6) is 0. The van der Waals surface area contributed by atoms with Crippen LogP contribution < -0.4 is 0 Å². The summed E-state index contributed by atoms with van der Waals surface area (Å²) >= 11 is 0. The van der Waals surface area contributed by atoms with Gasteiger partial charge in [0.15, 0.2) is 0 Å². The van der Waals surface area contributed by atoms with Crippen molar-refractivity contribution in [2.24, 2.45) is 0 Å². The van der Waals surface area contributed by atoms with Crippen molar-refractivity contribution in [1.82, 2.24) is 0 Å². The third kappa shape index (κ3) is 6.63. The summed E-state index contributed by atoms with van der Waals surface area (Å²) in [7, 11) is -2.37. The van der Waals surface area contributed by atoms with E-state index < -0.39 is 8.80 Å². The highest BCUT2D eigenvalue weighted by Crippen LogP contribution is 2.20. The largest absolute Gasteiger partial charge is 0.500 e. The predicted molar refractivity (Wildman–Crippen MR) is 69.3 cm³/mol. The third-order valence-corrected chi connectivity index (χ3v) is 5.48. The molecule has 0 amide bonds. The van der Waals surface area contributed by atoms with Gasteiger partial charge in [0.2, 0.25) is 0 Å². The van der Waals surface area contributed by atoms with Crippen molar-refractivity contribution in [2.45, 2.75) is 52.5 Å². The van der Waals surface area contributed by atoms with Gasteiger partial charge in [0, 0.05) is 25.9 Å². The monoisotopic (exact) mass is 247 g/mol. The van der Waals surface area contributed by atoms with E-state index in [1.807, 2.05) is 20.8 Å². The first-order valence-corrected chi connectivity index (χ1v) is 8.39. The van der Waals surface area contributed by atoms with Gasteiger partial charge in [-0.3, -0.25) is 0 Å². The zero-order valence-electron chi connectivity index (χ0n) is 11.1. The molecule has 0 N–H and O–H groups in total. The molecule has 0 atom stereocenters. The van der Waals surface area contributed by atoms with E-state index in [4.69, 9.17) is 13.3 Å². The van der Waals surface area contributed by atoms with Gasteiger partial charge < -0.3 is 13.3 Å². The van der Waals surface area contributed by atoms with Gasteiger partial charge in [-0.25, -0.2) is 0 Å². The van der Waals surface area contributed by atoms with Crippen molar-refractivity contribution in [3.05, 3.63) is 6.92 Å². The summed E-state index contributed by atoms with van der Waals surface area (Å²) in [6.45, 7) is 11.8. The number of hydrogen-bond acceptors (Lipinski definition) is 3. The molecule has 0 aliphatic rings. The molecule has 0 bridgehead atoms. The Balaban J connectivity index is 4.12. The topological polar surface area (TPSA) is 27.7 Å². The molecule has 16 heavy (non-hydrogen) atoms. The lowest BCUT2D eigenvalue weighted by atomic mass is 10.2. The Morgan fingerprint density at radius 2 is 1.31 bits per heavy atom. The lowest BCUT2D eigenvalue weighted by Crippen LogP contribution is -2.45. The highest BCUT2D eigenvalue weighted by atomic mass is 28.4. The Hall–Kier alpha value is 0.0969. The summed E-state index contributed by atoms with van der Waals surface area (Å²) < 4.78 is 17.3. The molecule has 97 valence electrons. The smallest absolute Gasteiger partial charge is 0.374 e. The van der Waals surface area contributed by atoms with E-state index in [1.165, 1.54) is 12.8 Å². The Bertz CT molecular complexity index is 136. The van der Waals surface area contributed by atoms with Crippen LogP contribution in [0, 0.1) is 6.92 Å². The Morgan fingerprint density at radius 1 is 0.812 bits per heavy atom. The summed E-state index contributed by atoms with van der Waals surface area (Å²) in [6.07, 6.45) is 4.48. The van der Waals surface area contributed by atoms with Crippen LogP contribution in [-0.4, -0.2) is 28.6 Å². The van der Waals surface area contributed by atoms with Crippen LogP contribution in [-0.2, 0) is 13.3 Å². The minimum atomic E-state index is -2.37. The molecule has 0 rings (SSSR count). The average Bonchev–Trinajstić information content (AvgIpc) is 2.26. The van der Waals surface area contributed by atoms with Crippen LogP contribution in [0.3, 0.4) is 0 Å². The first kappa shape index (κ1) is 16.1. The second kappa shape index (κ2) is 10.3. The SMILES string of the molecule is [CH2]CCCCC[Si](OCC)(OCC)OCC. The van der Waals surface area contributed by atoms with Gasteiger partial charge in [-0.15, -0.1) is 0 Å². The van der Waals surface area contributed by atoms with Crippen LogP contribution in [0.2, 0.25) is 6.04 Å². The normalized spacial score (nSPS) is 12.0. The molecule has 0 aromatic carbocycles. The standard InChI is InChI=1S/C12H27O3Si/c1-5-9-10-11-12-16(13-6-2,14-7-3)15-8-4/h1,5-12H2,2-4H3. The fraction of sp³-hybridized carbons (Fsp3) is 0.917. The summed E-state index contributed by atoms with van der Waals surface area (Å²) in [5.41, 5.74) is 0. The number of rotatable bonds is 11. The van der Waals surface area contributed by atoms with Gasteiger partial charge in [-0.05, 0) is 27.2 Å². The first-order chi connectivity index (χ1) is 7.74. The fourth-order valence-corrected chi connectivity index (χ4v) is 4.38. The maximum atomic E-state index is 5.77. The molecular formula is C12H27O3Si. The van der Waals surface area contributed by atoms with E-state index in [-0.39, 0.29) is 0 Å². The maximum absolute atomic E-state index is 5.77. The number of hydrogen-bond donors (Lipinski definition) is 0. The second-order valence-corrected chi connectivity index (χ2v) is 6.38.